The van der Waals surface area contributed by atoms with Crippen LogP contribution in [0.3, 0.4) is 0 Å². The number of carbonyl (C=O) groups is 2. The molecule has 0 rings (SSSR count). The third-order valence-electron chi connectivity index (χ3n) is 4.74. The van der Waals surface area contributed by atoms with E-state index in [-0.39, 0.29) is 11.9 Å². The number of amides is 1. The topological polar surface area (TPSA) is 46.6 Å². The summed E-state index contributed by atoms with van der Waals surface area (Å²) in [6.45, 7) is 8.50. The second-order valence-corrected chi connectivity index (χ2v) is 7.22. The van der Waals surface area contributed by atoms with E-state index in [0.29, 0.717) is 19.4 Å². The smallest absolute Gasteiger partial charge is 0.305 e. The molecule has 0 aromatic heterocycles. The van der Waals surface area contributed by atoms with E-state index in [9.17, 15) is 9.59 Å². The quantitative estimate of drug-likeness (QED) is 0.224. The maximum absolute atomic E-state index is 12.6. The van der Waals surface area contributed by atoms with Crippen molar-refractivity contribution in [3.8, 4) is 0 Å². The Morgan fingerprint density at radius 1 is 0.654 bits per heavy atom. The van der Waals surface area contributed by atoms with Crippen molar-refractivity contribution in [1.29, 1.82) is 0 Å². The molecule has 0 aromatic carbocycles. The van der Waals surface area contributed by atoms with E-state index in [4.69, 9.17) is 4.74 Å². The molecule has 0 radical (unpaired) electrons. The van der Waals surface area contributed by atoms with Crippen LogP contribution in [0.5, 0.6) is 0 Å². The molecule has 154 valence electrons. The second-order valence-electron chi connectivity index (χ2n) is 7.22. The number of nitrogens with zero attached hydrogens (tertiary/aromatic N) is 1. The number of carbonyl (C=O) groups excluding carboxylic acids is 2. The van der Waals surface area contributed by atoms with Crippen molar-refractivity contribution in [3.63, 3.8) is 0 Å². The number of hydrogen-bond acceptors (Lipinski definition) is 3. The van der Waals surface area contributed by atoms with Gasteiger partial charge in [0.05, 0.1) is 6.61 Å². The van der Waals surface area contributed by atoms with Crippen molar-refractivity contribution in [3.05, 3.63) is 0 Å². The van der Waals surface area contributed by atoms with Gasteiger partial charge < -0.3 is 9.64 Å². The van der Waals surface area contributed by atoms with E-state index in [2.05, 4.69) is 18.7 Å². The third kappa shape index (κ3) is 15.2. The highest BCUT2D eigenvalue weighted by molar-refractivity contribution is 5.76. The van der Waals surface area contributed by atoms with Crippen LogP contribution in [0.1, 0.15) is 111 Å². The molecule has 0 aliphatic heterocycles. The van der Waals surface area contributed by atoms with Crippen LogP contribution < -0.4 is 0 Å². The fraction of sp³-hybridized carbons (Fsp3) is 0.909. The summed E-state index contributed by atoms with van der Waals surface area (Å²) in [4.78, 5) is 26.0. The Bertz CT molecular complexity index is 330. The molecule has 0 atom stereocenters. The van der Waals surface area contributed by atoms with E-state index in [1.807, 2.05) is 6.92 Å². The van der Waals surface area contributed by atoms with Crippen molar-refractivity contribution >= 4 is 11.9 Å². The summed E-state index contributed by atoms with van der Waals surface area (Å²) in [6.07, 6.45) is 14.8. The second kappa shape index (κ2) is 18.7. The first-order valence-electron chi connectivity index (χ1n) is 11.1. The van der Waals surface area contributed by atoms with Crippen LogP contribution in [0.4, 0.5) is 0 Å². The van der Waals surface area contributed by atoms with Gasteiger partial charge in [-0.05, 0) is 32.6 Å². The highest BCUT2D eigenvalue weighted by atomic mass is 16.5. The van der Waals surface area contributed by atoms with Crippen LogP contribution in [0.15, 0.2) is 0 Å². The summed E-state index contributed by atoms with van der Waals surface area (Å²) < 4.78 is 4.93. The summed E-state index contributed by atoms with van der Waals surface area (Å²) >= 11 is 0. The zero-order valence-electron chi connectivity index (χ0n) is 17.7. The van der Waals surface area contributed by atoms with Gasteiger partial charge in [-0.2, -0.15) is 0 Å². The predicted molar refractivity (Wildman–Crippen MR) is 109 cm³/mol. The summed E-state index contributed by atoms with van der Waals surface area (Å²) in [7, 11) is 0. The SMILES string of the molecule is CCCCCCCN(CCCCCCC)C(=O)CCCCC(=O)OCC. The number of ether oxygens (including phenoxy) is 1. The Morgan fingerprint density at radius 3 is 1.65 bits per heavy atom. The van der Waals surface area contributed by atoms with Crippen molar-refractivity contribution in [2.24, 2.45) is 0 Å². The van der Waals surface area contributed by atoms with Gasteiger partial charge in [-0.15, -0.1) is 0 Å². The molecule has 0 spiro atoms. The highest BCUT2D eigenvalue weighted by Crippen LogP contribution is 2.10. The van der Waals surface area contributed by atoms with Gasteiger partial charge in [-0.25, -0.2) is 0 Å². The standard InChI is InChI=1S/C22H43NO3/c1-4-7-9-11-15-19-23(20-16-12-10-8-5-2)21(24)17-13-14-18-22(25)26-6-3/h4-20H2,1-3H3. The van der Waals surface area contributed by atoms with Gasteiger partial charge in [0, 0.05) is 25.9 Å². The molecule has 0 bridgehead atoms. The van der Waals surface area contributed by atoms with Crippen LogP contribution in [0.25, 0.3) is 0 Å². The number of unbranched alkanes of at least 4 members (excludes halogenated alkanes) is 9. The van der Waals surface area contributed by atoms with Crippen LogP contribution in [0.2, 0.25) is 0 Å². The van der Waals surface area contributed by atoms with Gasteiger partial charge in [0.25, 0.3) is 0 Å². The molecule has 0 aliphatic carbocycles. The largest absolute Gasteiger partial charge is 0.466 e. The van der Waals surface area contributed by atoms with Crippen LogP contribution in [-0.4, -0.2) is 36.5 Å². The molecule has 0 unspecified atom stereocenters. The van der Waals surface area contributed by atoms with Crippen molar-refractivity contribution < 1.29 is 14.3 Å². The Kier molecular flexibility index (Phi) is 18.0. The minimum atomic E-state index is -0.149. The summed E-state index contributed by atoms with van der Waals surface area (Å²) in [5.74, 6) is 0.114. The molecule has 0 N–H and O–H groups in total. The molecule has 0 saturated carbocycles. The Hall–Kier alpha value is -1.06. The molecule has 0 aromatic rings. The third-order valence-corrected chi connectivity index (χ3v) is 4.74. The average molecular weight is 370 g/mol. The minimum absolute atomic E-state index is 0.149. The fourth-order valence-corrected chi connectivity index (χ4v) is 3.11. The maximum atomic E-state index is 12.6. The average Bonchev–Trinajstić information content (AvgIpc) is 2.63. The molecule has 26 heavy (non-hydrogen) atoms. The Morgan fingerprint density at radius 2 is 1.15 bits per heavy atom. The van der Waals surface area contributed by atoms with Gasteiger partial charge in [-0.3, -0.25) is 9.59 Å². The van der Waals surface area contributed by atoms with E-state index in [0.717, 1.165) is 38.8 Å². The Labute approximate surface area is 162 Å². The molecule has 0 fully saturated rings. The number of hydrogen-bond donors (Lipinski definition) is 0. The van der Waals surface area contributed by atoms with Crippen LogP contribution >= 0.6 is 0 Å². The number of esters is 1. The van der Waals surface area contributed by atoms with Gasteiger partial charge in [0.15, 0.2) is 0 Å². The zero-order chi connectivity index (χ0) is 19.5. The summed E-state index contributed by atoms with van der Waals surface area (Å²) in [5, 5.41) is 0. The first kappa shape index (κ1) is 24.9. The lowest BCUT2D eigenvalue weighted by atomic mass is 10.1. The molecule has 1 amide bonds. The lowest BCUT2D eigenvalue weighted by Crippen LogP contribution is -2.32. The Balaban J connectivity index is 4.10. The summed E-state index contributed by atoms with van der Waals surface area (Å²) in [6, 6.07) is 0. The molecular weight excluding hydrogens is 326 g/mol. The molecule has 4 heteroatoms. The predicted octanol–water partition coefficient (Wildman–Crippen LogP) is 5.88. The summed E-state index contributed by atoms with van der Waals surface area (Å²) in [5.41, 5.74) is 0. The van der Waals surface area contributed by atoms with E-state index in [1.165, 1.54) is 51.4 Å². The van der Waals surface area contributed by atoms with Crippen LogP contribution in [-0.2, 0) is 14.3 Å². The fourth-order valence-electron chi connectivity index (χ4n) is 3.11. The molecule has 0 heterocycles. The minimum Gasteiger partial charge on any atom is -0.466 e. The van der Waals surface area contributed by atoms with Crippen molar-refractivity contribution in [1.82, 2.24) is 4.90 Å². The highest BCUT2D eigenvalue weighted by Gasteiger charge is 2.13. The first-order valence-corrected chi connectivity index (χ1v) is 11.1. The van der Waals surface area contributed by atoms with Crippen molar-refractivity contribution in [2.45, 2.75) is 111 Å². The normalized spacial score (nSPS) is 10.7. The first-order chi connectivity index (χ1) is 12.7. The van der Waals surface area contributed by atoms with E-state index >= 15 is 0 Å². The lowest BCUT2D eigenvalue weighted by molar-refractivity contribution is -0.143. The molecule has 0 saturated heterocycles. The van der Waals surface area contributed by atoms with Crippen molar-refractivity contribution in [2.75, 3.05) is 19.7 Å². The van der Waals surface area contributed by atoms with E-state index < -0.39 is 0 Å². The lowest BCUT2D eigenvalue weighted by Gasteiger charge is -2.23. The molecule has 0 aliphatic rings. The zero-order valence-corrected chi connectivity index (χ0v) is 17.7. The van der Waals surface area contributed by atoms with Crippen LogP contribution in [0, 0.1) is 0 Å². The van der Waals surface area contributed by atoms with E-state index in [1.54, 1.807) is 0 Å². The molecular formula is C22H43NO3. The van der Waals surface area contributed by atoms with Gasteiger partial charge in [0.2, 0.25) is 5.91 Å². The maximum Gasteiger partial charge on any atom is 0.305 e. The van der Waals surface area contributed by atoms with Gasteiger partial charge in [-0.1, -0.05) is 65.2 Å². The number of rotatable bonds is 18. The monoisotopic (exact) mass is 369 g/mol. The molecule has 4 nitrogen and oxygen atoms in total. The van der Waals surface area contributed by atoms with Gasteiger partial charge >= 0.3 is 5.97 Å². The van der Waals surface area contributed by atoms with Gasteiger partial charge in [0.1, 0.15) is 0 Å².